The average Bonchev–Trinajstić information content (AvgIpc) is 2.86. The average molecular weight is 343 g/mol. The number of amides is 3. The molecule has 6 heteroatoms. The third kappa shape index (κ3) is 3.25. The highest BCUT2D eigenvalue weighted by atomic mass is 16.2. The van der Waals surface area contributed by atoms with Crippen molar-refractivity contribution in [2.75, 3.05) is 38.1 Å². The Morgan fingerprint density at radius 1 is 1.00 bits per heavy atom. The first kappa shape index (κ1) is 17.5. The minimum Gasteiger partial charge on any atom is -0.339 e. The van der Waals surface area contributed by atoms with Crippen molar-refractivity contribution < 1.29 is 14.4 Å². The molecule has 3 amide bonds. The lowest BCUT2D eigenvalue weighted by Crippen LogP contribution is -2.53. The molecule has 2 aliphatic rings. The fourth-order valence-corrected chi connectivity index (χ4v) is 3.37. The van der Waals surface area contributed by atoms with Crippen LogP contribution in [0, 0.1) is 5.41 Å². The maximum Gasteiger partial charge on any atom is 0.253 e. The number of hydrogen-bond acceptors (Lipinski definition) is 3. The Bertz CT molecular complexity index is 728. The number of benzene rings is 1. The molecule has 2 aliphatic heterocycles. The molecule has 0 saturated carbocycles. The zero-order valence-corrected chi connectivity index (χ0v) is 15.3. The van der Waals surface area contributed by atoms with Gasteiger partial charge in [0.2, 0.25) is 11.8 Å². The van der Waals surface area contributed by atoms with Crippen molar-refractivity contribution in [1.29, 1.82) is 0 Å². The molecule has 0 N–H and O–H groups in total. The summed E-state index contributed by atoms with van der Waals surface area (Å²) in [5, 5.41) is 0. The van der Waals surface area contributed by atoms with Gasteiger partial charge in [-0.15, -0.1) is 0 Å². The Hall–Kier alpha value is -2.37. The van der Waals surface area contributed by atoms with Gasteiger partial charge in [-0.25, -0.2) is 0 Å². The first-order valence-corrected chi connectivity index (χ1v) is 8.66. The summed E-state index contributed by atoms with van der Waals surface area (Å²) < 4.78 is 0. The number of piperazine rings is 1. The van der Waals surface area contributed by atoms with Crippen molar-refractivity contribution in [3.63, 3.8) is 0 Å². The van der Waals surface area contributed by atoms with Crippen molar-refractivity contribution in [3.8, 4) is 0 Å². The first-order chi connectivity index (χ1) is 11.7. The quantitative estimate of drug-likeness (QED) is 0.777. The molecule has 25 heavy (non-hydrogen) atoms. The van der Waals surface area contributed by atoms with E-state index in [2.05, 4.69) is 0 Å². The third-order valence-electron chi connectivity index (χ3n) is 4.90. The van der Waals surface area contributed by atoms with Crippen LogP contribution < -0.4 is 4.90 Å². The lowest BCUT2D eigenvalue weighted by molar-refractivity contribution is -0.140. The highest BCUT2D eigenvalue weighted by Crippen LogP contribution is 2.29. The maximum absolute atomic E-state index is 12.8. The van der Waals surface area contributed by atoms with Gasteiger partial charge in [0.25, 0.3) is 5.91 Å². The fourth-order valence-electron chi connectivity index (χ4n) is 3.37. The summed E-state index contributed by atoms with van der Waals surface area (Å²) in [6, 6.07) is 5.45. The van der Waals surface area contributed by atoms with Crippen molar-refractivity contribution in [3.05, 3.63) is 29.3 Å². The van der Waals surface area contributed by atoms with Gasteiger partial charge in [-0.05, 0) is 23.8 Å². The molecule has 2 heterocycles. The Kier molecular flexibility index (Phi) is 4.31. The molecule has 1 fully saturated rings. The molecule has 0 unspecified atom stereocenters. The van der Waals surface area contributed by atoms with Gasteiger partial charge in [-0.3, -0.25) is 14.4 Å². The summed E-state index contributed by atoms with van der Waals surface area (Å²) in [4.78, 5) is 42.1. The monoisotopic (exact) mass is 343 g/mol. The number of fused-ring (bicyclic) bond motifs is 1. The predicted octanol–water partition coefficient (Wildman–Crippen LogP) is 1.54. The normalized spacial score (nSPS) is 17.8. The van der Waals surface area contributed by atoms with Crippen LogP contribution in [0.15, 0.2) is 18.2 Å². The summed E-state index contributed by atoms with van der Waals surface area (Å²) in [5.41, 5.74) is 1.99. The van der Waals surface area contributed by atoms with E-state index in [1.807, 2.05) is 37.8 Å². The van der Waals surface area contributed by atoms with Crippen LogP contribution in [0.25, 0.3) is 0 Å². The minimum atomic E-state index is -0.398. The van der Waals surface area contributed by atoms with Gasteiger partial charge < -0.3 is 14.7 Å². The largest absolute Gasteiger partial charge is 0.339 e. The van der Waals surface area contributed by atoms with Crippen LogP contribution in [0.2, 0.25) is 0 Å². The topological polar surface area (TPSA) is 60.9 Å². The van der Waals surface area contributed by atoms with E-state index in [4.69, 9.17) is 0 Å². The van der Waals surface area contributed by atoms with E-state index < -0.39 is 5.41 Å². The van der Waals surface area contributed by atoms with Crippen LogP contribution in [0.5, 0.6) is 0 Å². The van der Waals surface area contributed by atoms with Crippen LogP contribution >= 0.6 is 0 Å². The summed E-state index contributed by atoms with van der Waals surface area (Å²) in [5.74, 6) is 0.139. The van der Waals surface area contributed by atoms with E-state index in [0.29, 0.717) is 38.2 Å². The van der Waals surface area contributed by atoms with Crippen LogP contribution in [0.4, 0.5) is 5.69 Å². The molecule has 1 aromatic rings. The predicted molar refractivity (Wildman–Crippen MR) is 95.5 cm³/mol. The van der Waals surface area contributed by atoms with Gasteiger partial charge in [-0.1, -0.05) is 20.8 Å². The summed E-state index contributed by atoms with van der Waals surface area (Å²) >= 11 is 0. The van der Waals surface area contributed by atoms with Gasteiger partial charge >= 0.3 is 0 Å². The summed E-state index contributed by atoms with van der Waals surface area (Å²) in [7, 11) is 1.75. The molecule has 1 aromatic carbocycles. The molecule has 0 atom stereocenters. The second-order valence-corrected chi connectivity index (χ2v) is 7.81. The van der Waals surface area contributed by atoms with E-state index in [-0.39, 0.29) is 17.7 Å². The summed E-state index contributed by atoms with van der Waals surface area (Å²) in [6.45, 7) is 7.94. The van der Waals surface area contributed by atoms with Crippen LogP contribution in [0.3, 0.4) is 0 Å². The second kappa shape index (κ2) is 6.17. The Morgan fingerprint density at radius 3 is 2.20 bits per heavy atom. The van der Waals surface area contributed by atoms with E-state index in [0.717, 1.165) is 11.3 Å². The first-order valence-electron chi connectivity index (χ1n) is 8.66. The fraction of sp³-hybridized carbons (Fsp3) is 0.526. The van der Waals surface area contributed by atoms with Crippen LogP contribution in [-0.2, 0) is 16.0 Å². The molecule has 0 aromatic heterocycles. The van der Waals surface area contributed by atoms with Gasteiger partial charge in [0, 0.05) is 49.9 Å². The highest BCUT2D eigenvalue weighted by Gasteiger charge is 2.31. The van der Waals surface area contributed by atoms with Crippen LogP contribution in [0.1, 0.15) is 36.7 Å². The van der Waals surface area contributed by atoms with Crippen molar-refractivity contribution >= 4 is 23.4 Å². The Morgan fingerprint density at radius 2 is 1.60 bits per heavy atom. The number of carbonyl (C=O) groups excluding carboxylic acids is 3. The standard InChI is InChI=1S/C19H25N3O3/c1-19(2,3)18(25)22-9-7-21(8-10-22)17(24)13-5-6-15-14(11-13)12-16(23)20(15)4/h5-6,11H,7-10,12H2,1-4H3. The Balaban J connectivity index is 1.67. The molecule has 0 bridgehead atoms. The van der Waals surface area contributed by atoms with E-state index in [1.165, 1.54) is 0 Å². The second-order valence-electron chi connectivity index (χ2n) is 7.81. The number of nitrogens with zero attached hydrogens (tertiary/aromatic N) is 3. The molecule has 0 spiro atoms. The molecule has 1 saturated heterocycles. The van der Waals surface area contributed by atoms with E-state index >= 15 is 0 Å². The molecular weight excluding hydrogens is 318 g/mol. The number of carbonyl (C=O) groups is 3. The minimum absolute atomic E-state index is 0.0346. The van der Waals surface area contributed by atoms with E-state index in [1.54, 1.807) is 22.9 Å². The molecular formula is C19H25N3O3. The zero-order chi connectivity index (χ0) is 18.4. The number of anilines is 1. The van der Waals surface area contributed by atoms with Gasteiger partial charge in [0.05, 0.1) is 6.42 Å². The maximum atomic E-state index is 12.8. The number of hydrogen-bond donors (Lipinski definition) is 0. The molecule has 6 nitrogen and oxygen atoms in total. The smallest absolute Gasteiger partial charge is 0.253 e. The highest BCUT2D eigenvalue weighted by molar-refractivity contribution is 6.03. The Labute approximate surface area is 148 Å². The van der Waals surface area contributed by atoms with Gasteiger partial charge in [0.15, 0.2) is 0 Å². The molecule has 0 radical (unpaired) electrons. The van der Waals surface area contributed by atoms with E-state index in [9.17, 15) is 14.4 Å². The van der Waals surface area contributed by atoms with Gasteiger partial charge in [0.1, 0.15) is 0 Å². The van der Waals surface area contributed by atoms with Crippen molar-refractivity contribution in [1.82, 2.24) is 9.80 Å². The number of likely N-dealkylation sites (N-methyl/N-ethyl adjacent to an activating group) is 1. The van der Waals surface area contributed by atoms with Crippen molar-refractivity contribution in [2.24, 2.45) is 5.41 Å². The zero-order valence-electron chi connectivity index (χ0n) is 15.3. The molecule has 0 aliphatic carbocycles. The van der Waals surface area contributed by atoms with Crippen LogP contribution in [-0.4, -0.2) is 60.7 Å². The SMILES string of the molecule is CN1C(=O)Cc2cc(C(=O)N3CCN(C(=O)C(C)(C)C)CC3)ccc21. The molecule has 134 valence electrons. The lowest BCUT2D eigenvalue weighted by Gasteiger charge is -2.37. The number of rotatable bonds is 1. The van der Waals surface area contributed by atoms with Crippen molar-refractivity contribution in [2.45, 2.75) is 27.2 Å². The summed E-state index contributed by atoms with van der Waals surface area (Å²) in [6.07, 6.45) is 0.348. The molecule has 3 rings (SSSR count). The lowest BCUT2D eigenvalue weighted by atomic mass is 9.94. The third-order valence-corrected chi connectivity index (χ3v) is 4.90. The van der Waals surface area contributed by atoms with Gasteiger partial charge in [-0.2, -0.15) is 0 Å².